The average Bonchev–Trinajstić information content (AvgIpc) is 2.82. The van der Waals surface area contributed by atoms with Gasteiger partial charge in [0.1, 0.15) is 5.69 Å². The van der Waals surface area contributed by atoms with Gasteiger partial charge in [-0.25, -0.2) is 4.98 Å². The standard InChI is InChI=1S/C12H12N4O3/c17-10-5-9(13-6-14-10)11(18)15-12-7-3-1-2-4-8(7)16-19-12/h5-6H,1-4H2,(H,15,18)(H,13,14,17). The Morgan fingerprint density at radius 2 is 2.21 bits per heavy atom. The minimum absolute atomic E-state index is 0.0460. The number of nitrogens with one attached hydrogen (secondary N) is 2. The molecule has 2 N–H and O–H groups in total. The number of hydrogen-bond donors (Lipinski definition) is 2. The van der Waals surface area contributed by atoms with Crippen molar-refractivity contribution in [3.8, 4) is 0 Å². The highest BCUT2D eigenvalue weighted by atomic mass is 16.5. The van der Waals surface area contributed by atoms with Crippen LogP contribution in [0.1, 0.15) is 34.6 Å². The van der Waals surface area contributed by atoms with Gasteiger partial charge in [-0.05, 0) is 25.7 Å². The third-order valence-electron chi connectivity index (χ3n) is 3.10. The normalized spacial score (nSPS) is 13.9. The maximum atomic E-state index is 11.9. The van der Waals surface area contributed by atoms with Crippen molar-refractivity contribution >= 4 is 11.8 Å². The summed E-state index contributed by atoms with van der Waals surface area (Å²) in [4.78, 5) is 29.2. The summed E-state index contributed by atoms with van der Waals surface area (Å²) in [6.45, 7) is 0. The van der Waals surface area contributed by atoms with Crippen LogP contribution in [-0.2, 0) is 12.8 Å². The van der Waals surface area contributed by atoms with E-state index in [0.29, 0.717) is 5.88 Å². The zero-order valence-electron chi connectivity index (χ0n) is 10.1. The maximum Gasteiger partial charge on any atom is 0.276 e. The molecule has 0 aromatic carbocycles. The lowest BCUT2D eigenvalue weighted by Gasteiger charge is -2.09. The van der Waals surface area contributed by atoms with Crippen LogP contribution in [0.2, 0.25) is 0 Å². The van der Waals surface area contributed by atoms with E-state index in [0.717, 1.165) is 43.0 Å². The highest BCUT2D eigenvalue weighted by Crippen LogP contribution is 2.27. The Labute approximate surface area is 108 Å². The van der Waals surface area contributed by atoms with E-state index in [-0.39, 0.29) is 11.3 Å². The van der Waals surface area contributed by atoms with Crippen molar-refractivity contribution in [2.45, 2.75) is 25.7 Å². The molecule has 7 nitrogen and oxygen atoms in total. The largest absolute Gasteiger partial charge is 0.338 e. The van der Waals surface area contributed by atoms with Crippen LogP contribution in [0.4, 0.5) is 5.88 Å². The highest BCUT2D eigenvalue weighted by molar-refractivity contribution is 6.02. The van der Waals surface area contributed by atoms with Crippen LogP contribution >= 0.6 is 0 Å². The molecule has 0 saturated carbocycles. The molecule has 0 spiro atoms. The second-order valence-corrected chi connectivity index (χ2v) is 4.39. The van der Waals surface area contributed by atoms with Crippen LogP contribution in [0.3, 0.4) is 0 Å². The minimum Gasteiger partial charge on any atom is -0.338 e. The van der Waals surface area contributed by atoms with E-state index >= 15 is 0 Å². The highest BCUT2D eigenvalue weighted by Gasteiger charge is 2.21. The van der Waals surface area contributed by atoms with Gasteiger partial charge in [-0.15, -0.1) is 0 Å². The minimum atomic E-state index is -0.476. The molecule has 0 aliphatic heterocycles. The Bertz CT molecular complexity index is 674. The van der Waals surface area contributed by atoms with Crippen molar-refractivity contribution in [1.82, 2.24) is 15.1 Å². The molecule has 3 rings (SSSR count). The molecule has 2 aromatic heterocycles. The zero-order valence-corrected chi connectivity index (χ0v) is 10.1. The van der Waals surface area contributed by atoms with Crippen molar-refractivity contribution in [1.29, 1.82) is 0 Å². The number of hydrogen-bond acceptors (Lipinski definition) is 5. The van der Waals surface area contributed by atoms with Gasteiger partial charge in [0, 0.05) is 11.6 Å². The van der Waals surface area contributed by atoms with Gasteiger partial charge in [0.15, 0.2) is 0 Å². The number of nitrogens with zero attached hydrogens (tertiary/aromatic N) is 2. The third kappa shape index (κ3) is 2.26. The number of aromatic amines is 1. The number of fused-ring (bicyclic) bond motifs is 1. The predicted octanol–water partition coefficient (Wildman–Crippen LogP) is 0.889. The monoisotopic (exact) mass is 260 g/mol. The van der Waals surface area contributed by atoms with E-state index in [2.05, 4.69) is 20.4 Å². The van der Waals surface area contributed by atoms with Gasteiger partial charge < -0.3 is 9.51 Å². The number of aromatic nitrogens is 3. The van der Waals surface area contributed by atoms with Crippen molar-refractivity contribution < 1.29 is 9.32 Å². The predicted molar refractivity (Wildman–Crippen MR) is 66.0 cm³/mol. The second kappa shape index (κ2) is 4.68. The molecule has 0 bridgehead atoms. The Morgan fingerprint density at radius 1 is 1.37 bits per heavy atom. The number of amides is 1. The second-order valence-electron chi connectivity index (χ2n) is 4.39. The smallest absolute Gasteiger partial charge is 0.276 e. The summed E-state index contributed by atoms with van der Waals surface area (Å²) < 4.78 is 5.14. The fourth-order valence-corrected chi connectivity index (χ4v) is 2.15. The summed E-state index contributed by atoms with van der Waals surface area (Å²) in [5, 5.41) is 6.55. The van der Waals surface area contributed by atoms with Gasteiger partial charge in [-0.3, -0.25) is 14.9 Å². The Balaban J connectivity index is 1.83. The molecule has 0 unspecified atom stereocenters. The SMILES string of the molecule is O=C(Nc1onc2c1CCCC2)c1cc(=O)[nH]cn1. The van der Waals surface area contributed by atoms with Gasteiger partial charge >= 0.3 is 0 Å². The molecule has 1 amide bonds. The molecule has 98 valence electrons. The fraction of sp³-hybridized carbons (Fsp3) is 0.333. The molecule has 0 saturated heterocycles. The first-order chi connectivity index (χ1) is 9.24. The van der Waals surface area contributed by atoms with Crippen molar-refractivity contribution in [3.05, 3.63) is 39.7 Å². The van der Waals surface area contributed by atoms with Crippen molar-refractivity contribution in [2.75, 3.05) is 5.32 Å². The number of aryl methyl sites for hydroxylation is 1. The first-order valence-electron chi connectivity index (χ1n) is 6.07. The van der Waals surface area contributed by atoms with Crippen LogP contribution in [-0.4, -0.2) is 21.0 Å². The van der Waals surface area contributed by atoms with Crippen LogP contribution in [0.25, 0.3) is 0 Å². The maximum absolute atomic E-state index is 11.9. The summed E-state index contributed by atoms with van der Waals surface area (Å²) in [5.74, 6) is -0.114. The molecule has 0 atom stereocenters. The van der Waals surface area contributed by atoms with Gasteiger partial charge in [-0.2, -0.15) is 0 Å². The van der Waals surface area contributed by atoms with Crippen LogP contribution in [0.5, 0.6) is 0 Å². The summed E-state index contributed by atoms with van der Waals surface area (Å²) >= 11 is 0. The van der Waals surface area contributed by atoms with Gasteiger partial charge in [0.2, 0.25) is 5.88 Å². The zero-order chi connectivity index (χ0) is 13.2. The number of rotatable bonds is 2. The van der Waals surface area contributed by atoms with E-state index in [9.17, 15) is 9.59 Å². The van der Waals surface area contributed by atoms with Crippen molar-refractivity contribution in [2.24, 2.45) is 0 Å². The lowest BCUT2D eigenvalue weighted by molar-refractivity contribution is 0.101. The summed E-state index contributed by atoms with van der Waals surface area (Å²) in [6.07, 6.45) is 5.05. The number of carbonyl (C=O) groups excluding carboxylic acids is 1. The Morgan fingerprint density at radius 3 is 3.05 bits per heavy atom. The molecule has 1 aliphatic carbocycles. The first kappa shape index (κ1) is 11.6. The summed E-state index contributed by atoms with van der Waals surface area (Å²) in [6, 6.07) is 1.14. The van der Waals surface area contributed by atoms with Crippen LogP contribution in [0, 0.1) is 0 Å². The quantitative estimate of drug-likeness (QED) is 0.835. The third-order valence-corrected chi connectivity index (χ3v) is 3.10. The molecule has 0 fully saturated rings. The Kier molecular flexibility index (Phi) is 2.86. The molecule has 1 aliphatic rings. The summed E-state index contributed by atoms with van der Waals surface area (Å²) in [7, 11) is 0. The molecular weight excluding hydrogens is 248 g/mol. The molecule has 7 heteroatoms. The van der Waals surface area contributed by atoms with E-state index in [4.69, 9.17) is 4.52 Å². The van der Waals surface area contributed by atoms with E-state index in [1.54, 1.807) is 0 Å². The molecule has 2 aromatic rings. The van der Waals surface area contributed by atoms with E-state index in [1.165, 1.54) is 6.33 Å². The van der Waals surface area contributed by atoms with Crippen LogP contribution in [0.15, 0.2) is 21.7 Å². The molecular formula is C12H12N4O3. The van der Waals surface area contributed by atoms with Gasteiger partial charge in [0.05, 0.1) is 12.0 Å². The lowest BCUT2D eigenvalue weighted by Crippen LogP contribution is -2.18. The van der Waals surface area contributed by atoms with Gasteiger partial charge in [0.25, 0.3) is 11.5 Å². The van der Waals surface area contributed by atoms with Crippen LogP contribution < -0.4 is 10.9 Å². The molecule has 19 heavy (non-hydrogen) atoms. The number of anilines is 1. The first-order valence-corrected chi connectivity index (χ1v) is 6.07. The summed E-state index contributed by atoms with van der Waals surface area (Å²) in [5.41, 5.74) is 1.52. The van der Waals surface area contributed by atoms with Gasteiger partial charge in [-0.1, -0.05) is 5.16 Å². The van der Waals surface area contributed by atoms with E-state index < -0.39 is 5.91 Å². The molecule has 0 radical (unpaired) electrons. The average molecular weight is 260 g/mol. The molecule has 2 heterocycles. The topological polar surface area (TPSA) is 101 Å². The number of H-pyrrole nitrogens is 1. The number of carbonyl (C=O) groups is 1. The Hall–Kier alpha value is -2.44. The van der Waals surface area contributed by atoms with Crippen molar-refractivity contribution in [3.63, 3.8) is 0 Å². The van der Waals surface area contributed by atoms with E-state index in [1.807, 2.05) is 0 Å². The lowest BCUT2D eigenvalue weighted by atomic mass is 9.98. The fourth-order valence-electron chi connectivity index (χ4n) is 2.15.